The van der Waals surface area contributed by atoms with E-state index in [-0.39, 0.29) is 25.2 Å². The van der Waals surface area contributed by atoms with Crippen LogP contribution in [0.3, 0.4) is 0 Å². The average molecular weight is 757 g/mol. The summed E-state index contributed by atoms with van der Waals surface area (Å²) in [5.74, 6) is -0.649. The number of ether oxygens (including phenoxy) is 2. The van der Waals surface area contributed by atoms with Crippen LogP contribution in [0.1, 0.15) is 232 Å². The maximum absolute atomic E-state index is 12.2. The second-order valence-electron chi connectivity index (χ2n) is 15.5. The van der Waals surface area contributed by atoms with Gasteiger partial charge in [0.2, 0.25) is 0 Å². The van der Waals surface area contributed by atoms with Gasteiger partial charge in [-0.3, -0.25) is 9.59 Å². The zero-order chi connectivity index (χ0) is 39.3. The Bertz CT molecular complexity index is 904. The molecule has 0 spiro atoms. The van der Waals surface area contributed by atoms with E-state index in [4.69, 9.17) is 9.47 Å². The van der Waals surface area contributed by atoms with Crippen molar-refractivity contribution in [2.45, 2.75) is 238 Å². The van der Waals surface area contributed by atoms with Crippen LogP contribution in [0.4, 0.5) is 0 Å². The van der Waals surface area contributed by atoms with Crippen LogP contribution < -0.4 is 0 Å². The standard InChI is InChI=1S/C49H88O5/c1-3-5-7-9-11-13-15-17-19-21-22-23-24-25-26-28-29-31-33-35-37-39-41-43-48(51)53-46-47(45-50)54-49(52)44-42-40-38-36-34-32-30-27-20-18-16-14-12-10-8-6-4-2/h12,14,18,20,30,32,35,37,47,50H,3-11,13,15-17,19,21-29,31,33-34,36,38-46H2,1-2H3/b14-12+,20-18+,32-30+,37-35+/t47-/m0/s1. The molecule has 0 fully saturated rings. The predicted octanol–water partition coefficient (Wildman–Crippen LogP) is 15.0. The van der Waals surface area contributed by atoms with Crippen molar-refractivity contribution in [1.82, 2.24) is 0 Å². The molecule has 0 aliphatic carbocycles. The predicted molar refractivity (Wildman–Crippen MR) is 233 cm³/mol. The van der Waals surface area contributed by atoms with E-state index in [2.05, 4.69) is 62.5 Å². The summed E-state index contributed by atoms with van der Waals surface area (Å²) in [7, 11) is 0. The normalized spacial score (nSPS) is 12.6. The van der Waals surface area contributed by atoms with Crippen molar-refractivity contribution in [2.75, 3.05) is 13.2 Å². The lowest BCUT2D eigenvalue weighted by Gasteiger charge is -2.15. The molecule has 0 aromatic heterocycles. The van der Waals surface area contributed by atoms with Gasteiger partial charge in [-0.2, -0.15) is 0 Å². The van der Waals surface area contributed by atoms with Gasteiger partial charge in [0.1, 0.15) is 6.61 Å². The lowest BCUT2D eigenvalue weighted by atomic mass is 10.0. The first kappa shape index (κ1) is 51.9. The highest BCUT2D eigenvalue weighted by Gasteiger charge is 2.16. The molecule has 5 heteroatoms. The summed E-state index contributed by atoms with van der Waals surface area (Å²) in [6.07, 6.45) is 57.7. The molecular weight excluding hydrogens is 669 g/mol. The summed E-state index contributed by atoms with van der Waals surface area (Å²) in [5.41, 5.74) is 0. The Morgan fingerprint density at radius 2 is 0.759 bits per heavy atom. The number of hydrogen-bond donors (Lipinski definition) is 1. The quantitative estimate of drug-likeness (QED) is 0.0381. The summed E-state index contributed by atoms with van der Waals surface area (Å²) >= 11 is 0. The van der Waals surface area contributed by atoms with Crippen LogP contribution in [0, 0.1) is 0 Å². The molecule has 0 unspecified atom stereocenters. The second kappa shape index (κ2) is 45.3. The lowest BCUT2D eigenvalue weighted by Crippen LogP contribution is -2.28. The molecule has 0 radical (unpaired) electrons. The van der Waals surface area contributed by atoms with E-state index in [0.29, 0.717) is 12.8 Å². The van der Waals surface area contributed by atoms with Crippen LogP contribution in [0.15, 0.2) is 48.6 Å². The number of allylic oxidation sites excluding steroid dienone is 8. The summed E-state index contributed by atoms with van der Waals surface area (Å²) < 4.78 is 10.6. The van der Waals surface area contributed by atoms with E-state index in [0.717, 1.165) is 64.2 Å². The van der Waals surface area contributed by atoms with Crippen LogP contribution in [0.5, 0.6) is 0 Å². The summed E-state index contributed by atoms with van der Waals surface area (Å²) in [6, 6.07) is 0. The molecule has 314 valence electrons. The molecule has 5 nitrogen and oxygen atoms in total. The van der Waals surface area contributed by atoms with Crippen molar-refractivity contribution in [1.29, 1.82) is 0 Å². The smallest absolute Gasteiger partial charge is 0.306 e. The first-order valence-electron chi connectivity index (χ1n) is 23.2. The number of carbonyl (C=O) groups is 2. The number of esters is 2. The number of unbranched alkanes of at least 4 members (excludes halogenated alkanes) is 26. The van der Waals surface area contributed by atoms with Crippen LogP contribution in [0.25, 0.3) is 0 Å². The summed E-state index contributed by atoms with van der Waals surface area (Å²) in [6.45, 7) is 4.09. The lowest BCUT2D eigenvalue weighted by molar-refractivity contribution is -0.161. The molecule has 0 saturated heterocycles. The molecule has 0 rings (SSSR count). The third-order valence-electron chi connectivity index (χ3n) is 10.1. The number of rotatable bonds is 42. The zero-order valence-corrected chi connectivity index (χ0v) is 35.7. The topological polar surface area (TPSA) is 72.8 Å². The molecule has 0 saturated carbocycles. The zero-order valence-electron chi connectivity index (χ0n) is 35.7. The first-order chi connectivity index (χ1) is 26.6. The highest BCUT2D eigenvalue weighted by molar-refractivity contribution is 5.70. The molecule has 1 N–H and O–H groups in total. The molecule has 0 aliphatic heterocycles. The fourth-order valence-electron chi connectivity index (χ4n) is 6.57. The maximum Gasteiger partial charge on any atom is 0.306 e. The van der Waals surface area contributed by atoms with Gasteiger partial charge in [-0.15, -0.1) is 0 Å². The molecule has 0 aliphatic rings. The molecule has 0 heterocycles. The van der Waals surface area contributed by atoms with Gasteiger partial charge in [0.05, 0.1) is 6.61 Å². The second-order valence-corrected chi connectivity index (χ2v) is 15.5. The minimum absolute atomic E-state index is 0.0897. The summed E-state index contributed by atoms with van der Waals surface area (Å²) in [4.78, 5) is 24.3. The van der Waals surface area contributed by atoms with Crippen LogP contribution in [-0.2, 0) is 19.1 Å². The van der Waals surface area contributed by atoms with Gasteiger partial charge in [-0.25, -0.2) is 0 Å². The Kier molecular flexibility index (Phi) is 43.5. The highest BCUT2D eigenvalue weighted by atomic mass is 16.6. The number of hydrogen-bond acceptors (Lipinski definition) is 5. The Balaban J connectivity index is 3.56. The van der Waals surface area contributed by atoms with Crippen LogP contribution in [-0.4, -0.2) is 36.4 Å². The first-order valence-corrected chi connectivity index (χ1v) is 23.2. The van der Waals surface area contributed by atoms with E-state index in [1.165, 1.54) is 141 Å². The number of aliphatic hydroxyl groups excluding tert-OH is 1. The Hall–Kier alpha value is -2.14. The molecular formula is C49H88O5. The highest BCUT2D eigenvalue weighted by Crippen LogP contribution is 2.15. The fraction of sp³-hybridized carbons (Fsp3) is 0.796. The molecule has 0 amide bonds. The molecule has 0 aromatic rings. The largest absolute Gasteiger partial charge is 0.462 e. The van der Waals surface area contributed by atoms with Crippen molar-refractivity contribution in [3.63, 3.8) is 0 Å². The van der Waals surface area contributed by atoms with Gasteiger partial charge in [-0.1, -0.05) is 197 Å². The van der Waals surface area contributed by atoms with Gasteiger partial charge in [-0.05, 0) is 70.6 Å². The van der Waals surface area contributed by atoms with Crippen molar-refractivity contribution < 1.29 is 24.2 Å². The number of aliphatic hydroxyl groups is 1. The molecule has 54 heavy (non-hydrogen) atoms. The van der Waals surface area contributed by atoms with Gasteiger partial charge in [0.15, 0.2) is 6.10 Å². The van der Waals surface area contributed by atoms with Crippen molar-refractivity contribution in [3.05, 3.63) is 48.6 Å². The van der Waals surface area contributed by atoms with E-state index in [9.17, 15) is 14.7 Å². The van der Waals surface area contributed by atoms with Gasteiger partial charge < -0.3 is 14.6 Å². The maximum atomic E-state index is 12.2. The Morgan fingerprint density at radius 1 is 0.426 bits per heavy atom. The fourth-order valence-corrected chi connectivity index (χ4v) is 6.57. The van der Waals surface area contributed by atoms with E-state index >= 15 is 0 Å². The SMILES string of the molecule is CCCCC/C=C/C/C=C/C/C=C/CCCCCCC(=O)O[C@@H](CO)COC(=O)CCC/C=C/CCCCCCCCCCCCCCCCCCCC. The van der Waals surface area contributed by atoms with Crippen molar-refractivity contribution >= 4 is 11.9 Å². The molecule has 0 bridgehead atoms. The monoisotopic (exact) mass is 757 g/mol. The third-order valence-corrected chi connectivity index (χ3v) is 10.1. The van der Waals surface area contributed by atoms with Gasteiger partial charge in [0, 0.05) is 12.8 Å². The van der Waals surface area contributed by atoms with E-state index in [1.54, 1.807) is 0 Å². The van der Waals surface area contributed by atoms with Crippen LogP contribution in [0.2, 0.25) is 0 Å². The summed E-state index contributed by atoms with van der Waals surface area (Å²) in [5, 5.41) is 9.58. The Labute approximate surface area is 335 Å². The minimum atomic E-state index is -0.795. The number of carbonyl (C=O) groups excluding carboxylic acids is 2. The van der Waals surface area contributed by atoms with Gasteiger partial charge >= 0.3 is 11.9 Å². The minimum Gasteiger partial charge on any atom is -0.462 e. The average Bonchev–Trinajstić information content (AvgIpc) is 3.17. The molecule has 1 atom stereocenters. The van der Waals surface area contributed by atoms with Crippen molar-refractivity contribution in [2.24, 2.45) is 0 Å². The molecule has 0 aromatic carbocycles. The third kappa shape index (κ3) is 42.6. The van der Waals surface area contributed by atoms with E-state index < -0.39 is 6.10 Å². The van der Waals surface area contributed by atoms with Crippen molar-refractivity contribution in [3.8, 4) is 0 Å². The van der Waals surface area contributed by atoms with E-state index in [1.807, 2.05) is 0 Å². The van der Waals surface area contributed by atoms with Crippen LogP contribution >= 0.6 is 0 Å². The van der Waals surface area contributed by atoms with Gasteiger partial charge in [0.25, 0.3) is 0 Å². The Morgan fingerprint density at radius 3 is 1.22 bits per heavy atom.